The van der Waals surface area contributed by atoms with E-state index in [0.717, 1.165) is 29.7 Å². The normalized spacial score (nSPS) is 27.6. The van der Waals surface area contributed by atoms with E-state index in [9.17, 15) is 4.21 Å². The third-order valence-corrected chi connectivity index (χ3v) is 5.10. The van der Waals surface area contributed by atoms with Crippen LogP contribution in [0.4, 0.5) is 0 Å². The number of aryl methyl sites for hydroxylation is 1. The van der Waals surface area contributed by atoms with Gasteiger partial charge < -0.3 is 5.73 Å². The summed E-state index contributed by atoms with van der Waals surface area (Å²) in [5.41, 5.74) is 7.22. The Morgan fingerprint density at radius 2 is 2.06 bits per heavy atom. The first-order chi connectivity index (χ1) is 7.68. The molecule has 1 aliphatic rings. The summed E-state index contributed by atoms with van der Waals surface area (Å²) in [6.07, 6.45) is 4.36. The summed E-state index contributed by atoms with van der Waals surface area (Å²) in [5, 5.41) is 0.149. The maximum absolute atomic E-state index is 12.4. The fourth-order valence-electron chi connectivity index (χ4n) is 2.31. The molecular weight excluding hydrogens is 218 g/mol. The van der Waals surface area contributed by atoms with Crippen molar-refractivity contribution in [3.63, 3.8) is 0 Å². The Labute approximate surface area is 99.7 Å². The van der Waals surface area contributed by atoms with Crippen LogP contribution in [0.2, 0.25) is 0 Å². The molecule has 1 aromatic rings. The molecule has 3 heteroatoms. The van der Waals surface area contributed by atoms with Crippen LogP contribution in [0.15, 0.2) is 29.2 Å². The van der Waals surface area contributed by atoms with Crippen molar-refractivity contribution in [3.05, 3.63) is 29.8 Å². The fraction of sp³-hybridized carbons (Fsp3) is 0.538. The molecule has 0 saturated heterocycles. The molecule has 0 aliphatic heterocycles. The maximum atomic E-state index is 12.4. The van der Waals surface area contributed by atoms with Crippen molar-refractivity contribution in [2.45, 2.75) is 48.8 Å². The highest BCUT2D eigenvalue weighted by atomic mass is 32.2. The molecule has 88 valence electrons. The molecule has 3 atom stereocenters. The van der Waals surface area contributed by atoms with Gasteiger partial charge in [0.25, 0.3) is 0 Å². The van der Waals surface area contributed by atoms with E-state index in [-0.39, 0.29) is 11.3 Å². The predicted octanol–water partition coefficient (Wildman–Crippen LogP) is 2.37. The summed E-state index contributed by atoms with van der Waals surface area (Å²) >= 11 is 0. The van der Waals surface area contributed by atoms with E-state index in [1.54, 1.807) is 0 Å². The summed E-state index contributed by atoms with van der Waals surface area (Å²) in [6.45, 7) is 2.03. The van der Waals surface area contributed by atoms with E-state index < -0.39 is 10.8 Å². The highest BCUT2D eigenvalue weighted by molar-refractivity contribution is 7.85. The van der Waals surface area contributed by atoms with E-state index in [4.69, 9.17) is 5.73 Å². The lowest BCUT2D eigenvalue weighted by Crippen LogP contribution is -2.40. The second kappa shape index (κ2) is 5.11. The van der Waals surface area contributed by atoms with Gasteiger partial charge in [0.1, 0.15) is 0 Å². The number of hydrogen-bond donors (Lipinski definition) is 1. The van der Waals surface area contributed by atoms with Gasteiger partial charge in [0.05, 0.1) is 16.0 Å². The second-order valence-electron chi connectivity index (χ2n) is 4.60. The van der Waals surface area contributed by atoms with Gasteiger partial charge in [-0.1, -0.05) is 25.0 Å². The Morgan fingerprint density at radius 3 is 2.75 bits per heavy atom. The van der Waals surface area contributed by atoms with Gasteiger partial charge in [-0.25, -0.2) is 0 Å². The Bertz CT molecular complexity index is 391. The topological polar surface area (TPSA) is 43.1 Å². The quantitative estimate of drug-likeness (QED) is 0.858. The fourth-order valence-corrected chi connectivity index (χ4v) is 4.01. The standard InChI is InChI=1S/C13H19NOS/c1-10-5-4-6-11(9-10)16(15)13-8-3-2-7-12(13)14/h4-6,9,12-13H,2-3,7-8,14H2,1H3. The van der Waals surface area contributed by atoms with Crippen molar-refractivity contribution < 1.29 is 4.21 Å². The average Bonchev–Trinajstić information content (AvgIpc) is 2.29. The lowest BCUT2D eigenvalue weighted by Gasteiger charge is -2.27. The number of hydrogen-bond acceptors (Lipinski definition) is 2. The minimum Gasteiger partial charge on any atom is -0.327 e. The summed E-state index contributed by atoms with van der Waals surface area (Å²) in [5.74, 6) is 0. The molecule has 2 rings (SSSR count). The van der Waals surface area contributed by atoms with Crippen molar-refractivity contribution >= 4 is 10.8 Å². The molecular formula is C13H19NOS. The molecule has 1 aliphatic carbocycles. The third kappa shape index (κ3) is 2.53. The van der Waals surface area contributed by atoms with Gasteiger partial charge in [-0.3, -0.25) is 4.21 Å². The van der Waals surface area contributed by atoms with Crippen molar-refractivity contribution in [3.8, 4) is 0 Å². The van der Waals surface area contributed by atoms with Crippen LogP contribution in [-0.2, 0) is 10.8 Å². The Hall–Kier alpha value is -0.670. The first-order valence-electron chi connectivity index (χ1n) is 5.91. The van der Waals surface area contributed by atoms with E-state index in [0.29, 0.717) is 0 Å². The van der Waals surface area contributed by atoms with Crippen molar-refractivity contribution in [1.82, 2.24) is 0 Å². The largest absolute Gasteiger partial charge is 0.327 e. The molecule has 0 spiro atoms. The Kier molecular flexibility index (Phi) is 3.77. The zero-order chi connectivity index (χ0) is 11.5. The van der Waals surface area contributed by atoms with Gasteiger partial charge in [-0.2, -0.15) is 0 Å². The molecule has 0 heterocycles. The molecule has 2 nitrogen and oxygen atoms in total. The lowest BCUT2D eigenvalue weighted by molar-refractivity contribution is 0.445. The van der Waals surface area contributed by atoms with Crippen molar-refractivity contribution in [2.75, 3.05) is 0 Å². The van der Waals surface area contributed by atoms with E-state index >= 15 is 0 Å². The molecule has 2 N–H and O–H groups in total. The molecule has 0 bridgehead atoms. The van der Waals surface area contributed by atoms with Gasteiger partial charge in [-0.05, 0) is 37.5 Å². The third-order valence-electron chi connectivity index (χ3n) is 3.25. The zero-order valence-electron chi connectivity index (χ0n) is 9.69. The highest BCUT2D eigenvalue weighted by Crippen LogP contribution is 2.25. The molecule has 16 heavy (non-hydrogen) atoms. The summed E-state index contributed by atoms with van der Waals surface area (Å²) in [7, 11) is -0.935. The first kappa shape index (κ1) is 11.8. The SMILES string of the molecule is Cc1cccc(S(=O)C2CCCCC2N)c1. The van der Waals surface area contributed by atoms with Crippen LogP contribution in [0.25, 0.3) is 0 Å². The minimum atomic E-state index is -0.935. The minimum absolute atomic E-state index is 0.107. The van der Waals surface area contributed by atoms with Gasteiger partial charge in [0.15, 0.2) is 0 Å². The molecule has 0 radical (unpaired) electrons. The van der Waals surface area contributed by atoms with E-state index in [2.05, 4.69) is 0 Å². The van der Waals surface area contributed by atoms with Crippen LogP contribution in [0.3, 0.4) is 0 Å². The number of nitrogens with two attached hydrogens (primary N) is 1. The summed E-state index contributed by atoms with van der Waals surface area (Å²) in [4.78, 5) is 0.933. The van der Waals surface area contributed by atoms with Crippen LogP contribution < -0.4 is 5.73 Å². The highest BCUT2D eigenvalue weighted by Gasteiger charge is 2.27. The van der Waals surface area contributed by atoms with Crippen molar-refractivity contribution in [2.24, 2.45) is 5.73 Å². The van der Waals surface area contributed by atoms with Crippen molar-refractivity contribution in [1.29, 1.82) is 0 Å². The lowest BCUT2D eigenvalue weighted by atomic mass is 9.96. The first-order valence-corrected chi connectivity index (χ1v) is 7.12. The van der Waals surface area contributed by atoms with Crippen LogP contribution >= 0.6 is 0 Å². The number of rotatable bonds is 2. The van der Waals surface area contributed by atoms with Crippen LogP contribution in [-0.4, -0.2) is 15.5 Å². The Morgan fingerprint density at radius 1 is 1.31 bits per heavy atom. The predicted molar refractivity (Wildman–Crippen MR) is 67.8 cm³/mol. The molecule has 0 aromatic heterocycles. The van der Waals surface area contributed by atoms with Crippen LogP contribution in [0.5, 0.6) is 0 Å². The molecule has 1 aromatic carbocycles. The van der Waals surface area contributed by atoms with E-state index in [1.807, 2.05) is 31.2 Å². The average molecular weight is 237 g/mol. The smallest absolute Gasteiger partial charge is 0.0576 e. The molecule has 3 unspecified atom stereocenters. The van der Waals surface area contributed by atoms with Gasteiger partial charge in [-0.15, -0.1) is 0 Å². The molecule has 1 fully saturated rings. The van der Waals surface area contributed by atoms with Crippen LogP contribution in [0.1, 0.15) is 31.2 Å². The van der Waals surface area contributed by atoms with Gasteiger partial charge in [0.2, 0.25) is 0 Å². The molecule has 1 saturated carbocycles. The summed E-state index contributed by atoms with van der Waals surface area (Å²) < 4.78 is 12.4. The summed E-state index contributed by atoms with van der Waals surface area (Å²) in [6, 6.07) is 8.07. The number of benzene rings is 1. The zero-order valence-corrected chi connectivity index (χ0v) is 10.5. The maximum Gasteiger partial charge on any atom is 0.0576 e. The molecule has 0 amide bonds. The monoisotopic (exact) mass is 237 g/mol. The van der Waals surface area contributed by atoms with Gasteiger partial charge >= 0.3 is 0 Å². The van der Waals surface area contributed by atoms with Gasteiger partial charge in [0, 0.05) is 10.9 Å². The van der Waals surface area contributed by atoms with Crippen LogP contribution in [0, 0.1) is 6.92 Å². The second-order valence-corrected chi connectivity index (χ2v) is 6.27. The Balaban J connectivity index is 2.17. The van der Waals surface area contributed by atoms with E-state index in [1.165, 1.54) is 6.42 Å².